The number of benzene rings is 14. The molecule has 0 bridgehead atoms. The zero-order chi connectivity index (χ0) is 58.6. The highest BCUT2D eigenvalue weighted by atomic mass is 15.2. The van der Waals surface area contributed by atoms with Crippen LogP contribution >= 0.6 is 0 Å². The van der Waals surface area contributed by atoms with E-state index in [4.69, 9.17) is 0 Å². The molecule has 0 aliphatic carbocycles. The topological polar surface area (TPSA) is 21.1 Å². The number of rotatable bonds is 16. The number of hydrogen-bond donors (Lipinski definition) is 0. The van der Waals surface area contributed by atoms with Crippen molar-refractivity contribution < 1.29 is 0 Å². The Morgan fingerprint density at radius 2 is 0.420 bits per heavy atom. The molecule has 0 N–H and O–H groups in total. The van der Waals surface area contributed by atoms with E-state index in [2.05, 4.69) is 393 Å². The standard InChI is InChI=1S/C82H60N6/c1-8-27-62(28-9-1)83(63-29-10-2-11-30-63)69-43-47-71(48-44-69)85(66-35-16-5-17-36-66)75-55-57-81-78(59-75)79-60-76(86(67-37-18-6-19-38-67)72-49-45-70(46-50-72)84(64-31-12-3-13-32-64)65-33-14-4-15-34-65)56-58-82(79)88(81)74-53-51-73(52-54-74)87(68-39-20-7-21-40-68)80-42-24-26-61-25-22-23-41-77(61)80/h1-60H. The highest BCUT2D eigenvalue weighted by Gasteiger charge is 2.23. The lowest BCUT2D eigenvalue weighted by Crippen LogP contribution is -2.12. The van der Waals surface area contributed by atoms with Crippen LogP contribution in [0.25, 0.3) is 38.3 Å². The minimum Gasteiger partial charge on any atom is -0.311 e. The van der Waals surface area contributed by atoms with Gasteiger partial charge in [0.2, 0.25) is 0 Å². The Morgan fingerprint density at radius 1 is 0.170 bits per heavy atom. The van der Waals surface area contributed by atoms with E-state index in [0.717, 1.165) is 113 Å². The van der Waals surface area contributed by atoms with Gasteiger partial charge in [-0.1, -0.05) is 164 Å². The number of aromatic nitrogens is 1. The molecule has 0 saturated heterocycles. The Labute approximate surface area is 513 Å². The van der Waals surface area contributed by atoms with E-state index in [1.54, 1.807) is 0 Å². The van der Waals surface area contributed by atoms with Crippen LogP contribution in [0.2, 0.25) is 0 Å². The first-order valence-corrected chi connectivity index (χ1v) is 29.9. The van der Waals surface area contributed by atoms with Gasteiger partial charge in [-0.25, -0.2) is 0 Å². The molecule has 0 atom stereocenters. The van der Waals surface area contributed by atoms with Crippen molar-refractivity contribution in [3.63, 3.8) is 0 Å². The molecule has 418 valence electrons. The van der Waals surface area contributed by atoms with Crippen LogP contribution < -0.4 is 24.5 Å². The largest absolute Gasteiger partial charge is 0.311 e. The molecule has 0 amide bonds. The van der Waals surface area contributed by atoms with Gasteiger partial charge >= 0.3 is 0 Å². The van der Waals surface area contributed by atoms with Gasteiger partial charge in [-0.15, -0.1) is 0 Å². The molecular weight excluding hydrogens is 1070 g/mol. The van der Waals surface area contributed by atoms with Gasteiger partial charge in [0, 0.05) is 101 Å². The van der Waals surface area contributed by atoms with Crippen molar-refractivity contribution >= 4 is 118 Å². The number of nitrogens with zero attached hydrogens (tertiary/aromatic N) is 6. The van der Waals surface area contributed by atoms with Crippen LogP contribution in [-0.4, -0.2) is 4.57 Å². The minimum atomic E-state index is 1.04. The van der Waals surface area contributed by atoms with E-state index in [1.165, 1.54) is 10.8 Å². The van der Waals surface area contributed by atoms with E-state index in [1.807, 2.05) is 0 Å². The SMILES string of the molecule is c1ccc(N(c2ccccc2)c2ccc(N(c3ccccc3)c3ccc4c(c3)c3cc(N(c5ccccc5)c5ccc(N(c6ccccc6)c6ccccc6)cc5)ccc3n4-c3ccc(N(c4ccccc4)c4cccc5ccccc45)cc3)cc2)cc1. The predicted octanol–water partition coefficient (Wildman–Crippen LogP) is 23.3. The third kappa shape index (κ3) is 10.2. The number of hydrogen-bond acceptors (Lipinski definition) is 5. The Balaban J connectivity index is 0.891. The predicted molar refractivity (Wildman–Crippen MR) is 372 cm³/mol. The van der Waals surface area contributed by atoms with Gasteiger partial charge in [0.25, 0.3) is 0 Å². The summed E-state index contributed by atoms with van der Waals surface area (Å²) in [5, 5.41) is 4.64. The number of para-hydroxylation sites is 7. The first kappa shape index (κ1) is 52.9. The number of fused-ring (bicyclic) bond motifs is 4. The molecule has 15 aromatic rings. The van der Waals surface area contributed by atoms with Crippen LogP contribution in [0.4, 0.5) is 85.3 Å². The molecule has 0 radical (unpaired) electrons. The molecule has 15 rings (SSSR count). The maximum Gasteiger partial charge on any atom is 0.0542 e. The first-order valence-electron chi connectivity index (χ1n) is 29.9. The molecule has 14 aromatic carbocycles. The molecule has 88 heavy (non-hydrogen) atoms. The van der Waals surface area contributed by atoms with Crippen LogP contribution in [0.15, 0.2) is 364 Å². The summed E-state index contributed by atoms with van der Waals surface area (Å²) in [6, 6.07) is 131. The lowest BCUT2D eigenvalue weighted by molar-refractivity contribution is 1.17. The normalized spacial score (nSPS) is 11.2. The lowest BCUT2D eigenvalue weighted by Gasteiger charge is -2.28. The van der Waals surface area contributed by atoms with E-state index in [9.17, 15) is 0 Å². The summed E-state index contributed by atoms with van der Waals surface area (Å²) in [6.07, 6.45) is 0. The zero-order valence-corrected chi connectivity index (χ0v) is 48.3. The summed E-state index contributed by atoms with van der Waals surface area (Å²) in [4.78, 5) is 11.7. The third-order valence-corrected chi connectivity index (χ3v) is 16.5. The van der Waals surface area contributed by atoms with Crippen molar-refractivity contribution in [2.45, 2.75) is 0 Å². The van der Waals surface area contributed by atoms with Gasteiger partial charge in [0.05, 0.1) is 16.7 Å². The second-order valence-corrected chi connectivity index (χ2v) is 21.8. The van der Waals surface area contributed by atoms with E-state index < -0.39 is 0 Å². The Morgan fingerprint density at radius 3 is 0.773 bits per heavy atom. The van der Waals surface area contributed by atoms with Crippen LogP contribution in [0.1, 0.15) is 0 Å². The van der Waals surface area contributed by atoms with Crippen LogP contribution in [0.5, 0.6) is 0 Å². The summed E-state index contributed by atoms with van der Waals surface area (Å²) < 4.78 is 2.43. The molecule has 0 aliphatic rings. The fourth-order valence-electron chi connectivity index (χ4n) is 12.5. The van der Waals surface area contributed by atoms with Gasteiger partial charge in [-0.05, 0) is 206 Å². The highest BCUT2D eigenvalue weighted by Crippen LogP contribution is 2.46. The molecule has 6 nitrogen and oxygen atoms in total. The van der Waals surface area contributed by atoms with Crippen LogP contribution in [-0.2, 0) is 0 Å². The summed E-state index contributed by atoms with van der Waals surface area (Å²) in [5.41, 5.74) is 19.3. The van der Waals surface area contributed by atoms with Gasteiger partial charge in [-0.3, -0.25) is 0 Å². The smallest absolute Gasteiger partial charge is 0.0542 e. The summed E-state index contributed by atoms with van der Waals surface area (Å²) in [6.45, 7) is 0. The number of anilines is 15. The molecule has 0 saturated carbocycles. The summed E-state index contributed by atoms with van der Waals surface area (Å²) in [7, 11) is 0. The lowest BCUT2D eigenvalue weighted by atomic mass is 10.1. The molecule has 0 unspecified atom stereocenters. The Hall–Kier alpha value is -11.9. The van der Waals surface area contributed by atoms with Gasteiger partial charge in [0.1, 0.15) is 0 Å². The monoisotopic (exact) mass is 1130 g/mol. The van der Waals surface area contributed by atoms with E-state index >= 15 is 0 Å². The zero-order valence-electron chi connectivity index (χ0n) is 48.3. The van der Waals surface area contributed by atoms with Crippen molar-refractivity contribution in [1.29, 1.82) is 0 Å². The van der Waals surface area contributed by atoms with Crippen molar-refractivity contribution in [1.82, 2.24) is 4.57 Å². The molecule has 1 heterocycles. The fourth-order valence-corrected chi connectivity index (χ4v) is 12.5. The Kier molecular flexibility index (Phi) is 14.2. The van der Waals surface area contributed by atoms with Gasteiger partial charge < -0.3 is 29.1 Å². The van der Waals surface area contributed by atoms with Crippen molar-refractivity contribution in [2.75, 3.05) is 24.5 Å². The van der Waals surface area contributed by atoms with E-state index in [-0.39, 0.29) is 0 Å². The maximum atomic E-state index is 2.43. The molecule has 0 spiro atoms. The average Bonchev–Trinajstić information content (AvgIpc) is 1.74. The minimum absolute atomic E-state index is 1.04. The van der Waals surface area contributed by atoms with E-state index in [0.29, 0.717) is 0 Å². The molecule has 0 fully saturated rings. The van der Waals surface area contributed by atoms with Crippen molar-refractivity contribution in [3.05, 3.63) is 364 Å². The summed E-state index contributed by atoms with van der Waals surface area (Å²) in [5.74, 6) is 0. The highest BCUT2D eigenvalue weighted by molar-refractivity contribution is 6.12. The Bertz CT molecular complexity index is 4500. The van der Waals surface area contributed by atoms with Gasteiger partial charge in [0.15, 0.2) is 0 Å². The van der Waals surface area contributed by atoms with Gasteiger partial charge in [-0.2, -0.15) is 0 Å². The molecule has 6 heteroatoms. The molecule has 0 aliphatic heterocycles. The second-order valence-electron chi connectivity index (χ2n) is 21.8. The first-order chi connectivity index (χ1) is 43.7. The quantitative estimate of drug-likeness (QED) is 0.0958. The van der Waals surface area contributed by atoms with Crippen LogP contribution in [0.3, 0.4) is 0 Å². The third-order valence-electron chi connectivity index (χ3n) is 16.5. The van der Waals surface area contributed by atoms with Crippen molar-refractivity contribution in [2.24, 2.45) is 0 Å². The fraction of sp³-hybridized carbons (Fsp3) is 0. The maximum absolute atomic E-state index is 2.43. The molecule has 1 aromatic heterocycles. The summed E-state index contributed by atoms with van der Waals surface area (Å²) >= 11 is 0. The van der Waals surface area contributed by atoms with Crippen molar-refractivity contribution in [3.8, 4) is 5.69 Å². The average molecular weight is 1130 g/mol. The second kappa shape index (κ2) is 23.7. The van der Waals surface area contributed by atoms with Crippen LogP contribution in [0, 0.1) is 0 Å². The molecular formula is C82H60N6.